The number of hydrogen-bond donors (Lipinski definition) is 0. The summed E-state index contributed by atoms with van der Waals surface area (Å²) in [6.07, 6.45) is 11.6. The molecule has 4 nitrogen and oxygen atoms in total. The molecule has 20 heavy (non-hydrogen) atoms. The fraction of sp³-hybridized carbons (Fsp3) is 0. The summed E-state index contributed by atoms with van der Waals surface area (Å²) in [4.78, 5) is 2.10. The lowest BCUT2D eigenvalue weighted by molar-refractivity contribution is 1.15. The molecule has 2 aromatic heterocycles. The Labute approximate surface area is 124 Å². The van der Waals surface area contributed by atoms with Gasteiger partial charge in [0.1, 0.15) is 0 Å². The van der Waals surface area contributed by atoms with Gasteiger partial charge in [0, 0.05) is 0 Å². The second-order valence-electron chi connectivity index (χ2n) is 3.97. The van der Waals surface area contributed by atoms with E-state index in [-0.39, 0.29) is 0 Å². The summed E-state index contributed by atoms with van der Waals surface area (Å²) in [5, 5.41) is 7.59. The predicted octanol–water partition coefficient (Wildman–Crippen LogP) is 3.73. The molecule has 0 spiro atoms. The quantitative estimate of drug-likeness (QED) is 0.736. The van der Waals surface area contributed by atoms with Crippen molar-refractivity contribution in [2.75, 3.05) is 0 Å². The van der Waals surface area contributed by atoms with Crippen molar-refractivity contribution in [2.45, 2.75) is 0 Å². The Bertz CT molecular complexity index is 635. The van der Waals surface area contributed by atoms with Gasteiger partial charge >= 0.3 is 0 Å². The van der Waals surface area contributed by atoms with Gasteiger partial charge in [-0.1, -0.05) is 45.4 Å². The predicted molar refractivity (Wildman–Crippen MR) is 84.1 cm³/mol. The molecule has 0 bridgehead atoms. The van der Waals surface area contributed by atoms with Gasteiger partial charge in [0.15, 0.2) is 0 Å². The highest BCUT2D eigenvalue weighted by Crippen LogP contribution is 2.13. The molecular formula is C14H10N4S2. The highest BCUT2D eigenvalue weighted by molar-refractivity contribution is 7.06. The molecular weight excluding hydrogens is 288 g/mol. The van der Waals surface area contributed by atoms with Gasteiger partial charge in [-0.15, -0.1) is 10.2 Å². The minimum absolute atomic E-state index is 1.05. The number of rotatable bonds is 4. The first-order valence-corrected chi connectivity index (χ1v) is 7.46. The minimum Gasteiger partial charge on any atom is -0.146 e. The molecule has 3 aromatic rings. The summed E-state index contributed by atoms with van der Waals surface area (Å²) >= 11 is 2.76. The van der Waals surface area contributed by atoms with Crippen LogP contribution in [0.15, 0.2) is 36.7 Å². The van der Waals surface area contributed by atoms with Crippen LogP contribution in [0, 0.1) is 0 Å². The van der Waals surface area contributed by atoms with Crippen LogP contribution >= 0.6 is 23.1 Å². The zero-order valence-electron chi connectivity index (χ0n) is 10.4. The molecule has 0 saturated heterocycles. The summed E-state index contributed by atoms with van der Waals surface area (Å²) in [7, 11) is 0. The van der Waals surface area contributed by atoms with Gasteiger partial charge in [-0.2, -0.15) is 0 Å². The van der Waals surface area contributed by atoms with E-state index in [0.29, 0.717) is 0 Å². The number of aromatic nitrogens is 4. The minimum atomic E-state index is 1.05. The van der Waals surface area contributed by atoms with Crippen molar-refractivity contribution in [3.05, 3.63) is 57.5 Å². The largest absolute Gasteiger partial charge is 0.146 e. The second-order valence-corrected chi connectivity index (χ2v) is 5.61. The zero-order chi connectivity index (χ0) is 13.6. The molecule has 0 aliphatic heterocycles. The molecule has 1 aromatic carbocycles. The third-order valence-electron chi connectivity index (χ3n) is 2.57. The number of nitrogens with zero attached hydrogens (tertiary/aromatic N) is 4. The van der Waals surface area contributed by atoms with Crippen LogP contribution in [0.25, 0.3) is 24.3 Å². The lowest BCUT2D eigenvalue weighted by Gasteiger charge is -1.95. The van der Waals surface area contributed by atoms with Crippen molar-refractivity contribution in [3.63, 3.8) is 0 Å². The Hall–Kier alpha value is -2.18. The van der Waals surface area contributed by atoms with E-state index in [9.17, 15) is 0 Å². The van der Waals surface area contributed by atoms with Crippen molar-refractivity contribution in [3.8, 4) is 0 Å². The lowest BCUT2D eigenvalue weighted by atomic mass is 10.1. The molecule has 0 aliphatic carbocycles. The summed E-state index contributed by atoms with van der Waals surface area (Å²) in [5.74, 6) is 0. The van der Waals surface area contributed by atoms with E-state index in [2.05, 4.69) is 55.6 Å². The lowest BCUT2D eigenvalue weighted by Crippen LogP contribution is -1.74. The molecule has 98 valence electrons. The molecule has 0 radical (unpaired) electrons. The highest BCUT2D eigenvalue weighted by Gasteiger charge is 1.92. The van der Waals surface area contributed by atoms with Crippen LogP contribution in [-0.4, -0.2) is 19.2 Å². The van der Waals surface area contributed by atoms with Gasteiger partial charge < -0.3 is 0 Å². The molecule has 0 unspecified atom stereocenters. The van der Waals surface area contributed by atoms with Crippen LogP contribution in [0.3, 0.4) is 0 Å². The van der Waals surface area contributed by atoms with Crippen LogP contribution in [0.1, 0.15) is 20.9 Å². The van der Waals surface area contributed by atoms with Crippen LogP contribution in [0.2, 0.25) is 0 Å². The third kappa shape index (κ3) is 3.43. The number of benzene rings is 1. The van der Waals surface area contributed by atoms with Gasteiger partial charge in [-0.05, 0) is 46.3 Å². The number of hydrogen-bond acceptors (Lipinski definition) is 6. The summed E-state index contributed by atoms with van der Waals surface area (Å²) in [6.45, 7) is 0. The van der Waals surface area contributed by atoms with Gasteiger partial charge in [-0.3, -0.25) is 0 Å². The van der Waals surface area contributed by atoms with Crippen molar-refractivity contribution < 1.29 is 0 Å². The molecule has 2 heterocycles. The van der Waals surface area contributed by atoms with Gasteiger partial charge in [0.05, 0.1) is 22.1 Å². The van der Waals surface area contributed by atoms with Crippen molar-refractivity contribution in [1.82, 2.24) is 19.2 Å². The van der Waals surface area contributed by atoms with E-state index >= 15 is 0 Å². The van der Waals surface area contributed by atoms with Crippen molar-refractivity contribution in [2.24, 2.45) is 0 Å². The first kappa shape index (κ1) is 12.8. The summed E-state index contributed by atoms with van der Waals surface area (Å²) < 4.78 is 7.64. The topological polar surface area (TPSA) is 51.6 Å². The van der Waals surface area contributed by atoms with Gasteiger partial charge in [0.25, 0.3) is 0 Å². The van der Waals surface area contributed by atoms with E-state index in [1.807, 2.05) is 12.2 Å². The maximum absolute atomic E-state index is 3.82. The van der Waals surface area contributed by atoms with Crippen LogP contribution in [-0.2, 0) is 0 Å². The average Bonchev–Trinajstić information content (AvgIpc) is 3.17. The monoisotopic (exact) mass is 298 g/mol. The molecule has 0 aliphatic rings. The second kappa shape index (κ2) is 6.31. The molecule has 3 rings (SSSR count). The summed E-state index contributed by atoms with van der Waals surface area (Å²) in [6, 6.07) is 8.32. The van der Waals surface area contributed by atoms with Crippen molar-refractivity contribution >= 4 is 47.4 Å². The SMILES string of the molecule is C(=C\c1cnns1)/c1ccc(/C=C/c2cnns2)cc1. The van der Waals surface area contributed by atoms with E-state index < -0.39 is 0 Å². The highest BCUT2D eigenvalue weighted by atomic mass is 32.1. The Morgan fingerprint density at radius 2 is 1.10 bits per heavy atom. The Morgan fingerprint density at radius 3 is 1.45 bits per heavy atom. The van der Waals surface area contributed by atoms with Crippen LogP contribution in [0.4, 0.5) is 0 Å². The molecule has 0 atom stereocenters. The maximum Gasteiger partial charge on any atom is 0.0694 e. The first-order valence-electron chi connectivity index (χ1n) is 5.91. The van der Waals surface area contributed by atoms with Crippen LogP contribution in [0.5, 0.6) is 0 Å². The van der Waals surface area contributed by atoms with Crippen molar-refractivity contribution in [1.29, 1.82) is 0 Å². The third-order valence-corrected chi connectivity index (χ3v) is 3.83. The molecule has 6 heteroatoms. The molecule has 0 amide bonds. The maximum atomic E-state index is 3.82. The Morgan fingerprint density at radius 1 is 0.650 bits per heavy atom. The normalized spacial score (nSPS) is 11.6. The van der Waals surface area contributed by atoms with E-state index in [4.69, 9.17) is 0 Å². The fourth-order valence-electron chi connectivity index (χ4n) is 1.57. The Kier molecular flexibility index (Phi) is 4.05. The first-order chi connectivity index (χ1) is 9.90. The van der Waals surface area contributed by atoms with Crippen LogP contribution < -0.4 is 0 Å². The fourth-order valence-corrected chi connectivity index (χ4v) is 2.39. The molecule has 0 N–H and O–H groups in total. The average molecular weight is 298 g/mol. The standard InChI is InChI=1S/C14H10N4S2/c1-2-12(6-8-14-10-16-18-20-14)4-3-11(1)5-7-13-9-15-17-19-13/h1-10H/b7-5+,8-6+. The van der Waals surface area contributed by atoms with E-state index in [1.54, 1.807) is 12.4 Å². The van der Waals surface area contributed by atoms with E-state index in [1.165, 1.54) is 23.1 Å². The van der Waals surface area contributed by atoms with E-state index in [0.717, 1.165) is 20.9 Å². The van der Waals surface area contributed by atoms with Gasteiger partial charge in [-0.25, -0.2) is 0 Å². The zero-order valence-corrected chi connectivity index (χ0v) is 12.0. The smallest absolute Gasteiger partial charge is 0.0694 e. The molecule has 0 saturated carbocycles. The molecule has 0 fully saturated rings. The summed E-state index contributed by atoms with van der Waals surface area (Å²) in [5.41, 5.74) is 2.30. The van der Waals surface area contributed by atoms with Gasteiger partial charge in [0.2, 0.25) is 0 Å². The Balaban J connectivity index is 1.68.